The van der Waals surface area contributed by atoms with E-state index in [0.717, 1.165) is 5.56 Å². The SMILES string of the molecule is CC(NC(=O)COC(=O)Cc1ccc(Cl)cc1Cl)c1ccccc1. The first-order valence-electron chi connectivity index (χ1n) is 7.39. The summed E-state index contributed by atoms with van der Waals surface area (Å²) >= 11 is 11.8. The molecule has 2 aromatic rings. The van der Waals surface area contributed by atoms with Gasteiger partial charge in [0.1, 0.15) is 0 Å². The number of amides is 1. The Labute approximate surface area is 150 Å². The molecule has 0 aliphatic heterocycles. The van der Waals surface area contributed by atoms with Gasteiger partial charge in [-0.1, -0.05) is 59.6 Å². The van der Waals surface area contributed by atoms with Crippen LogP contribution in [0.2, 0.25) is 10.0 Å². The van der Waals surface area contributed by atoms with Crippen LogP contribution in [0.25, 0.3) is 0 Å². The van der Waals surface area contributed by atoms with Crippen LogP contribution < -0.4 is 5.32 Å². The fourth-order valence-electron chi connectivity index (χ4n) is 2.13. The van der Waals surface area contributed by atoms with Gasteiger partial charge < -0.3 is 10.1 Å². The molecule has 1 N–H and O–H groups in total. The van der Waals surface area contributed by atoms with Crippen LogP contribution in [0.5, 0.6) is 0 Å². The Hall–Kier alpha value is -2.04. The fourth-order valence-corrected chi connectivity index (χ4v) is 2.60. The Morgan fingerprint density at radius 3 is 2.50 bits per heavy atom. The predicted molar refractivity (Wildman–Crippen MR) is 94.1 cm³/mol. The molecule has 1 amide bonds. The Morgan fingerprint density at radius 1 is 1.12 bits per heavy atom. The van der Waals surface area contributed by atoms with E-state index in [0.29, 0.717) is 15.6 Å². The normalized spacial score (nSPS) is 11.6. The first kappa shape index (κ1) is 18.3. The molecule has 4 nitrogen and oxygen atoms in total. The van der Waals surface area contributed by atoms with Gasteiger partial charge in [0.2, 0.25) is 0 Å². The van der Waals surface area contributed by atoms with E-state index in [2.05, 4.69) is 5.32 Å². The summed E-state index contributed by atoms with van der Waals surface area (Å²) in [6, 6.07) is 14.2. The first-order valence-corrected chi connectivity index (χ1v) is 8.15. The molecule has 0 fully saturated rings. The van der Waals surface area contributed by atoms with E-state index in [1.54, 1.807) is 18.2 Å². The minimum atomic E-state index is -0.526. The van der Waals surface area contributed by atoms with Crippen LogP contribution in [-0.2, 0) is 20.7 Å². The number of rotatable bonds is 6. The van der Waals surface area contributed by atoms with E-state index in [1.165, 1.54) is 0 Å². The average Bonchev–Trinajstić information content (AvgIpc) is 2.56. The number of nitrogens with one attached hydrogen (secondary N) is 1. The molecule has 2 aromatic carbocycles. The van der Waals surface area contributed by atoms with Crippen LogP contribution >= 0.6 is 23.2 Å². The Morgan fingerprint density at radius 2 is 1.83 bits per heavy atom. The Balaban J connectivity index is 1.80. The van der Waals surface area contributed by atoms with E-state index in [4.69, 9.17) is 27.9 Å². The van der Waals surface area contributed by atoms with Crippen molar-refractivity contribution in [3.05, 3.63) is 69.7 Å². The standard InChI is InChI=1S/C18H17Cl2NO3/c1-12(13-5-3-2-4-6-13)21-17(22)11-24-18(23)9-14-7-8-15(19)10-16(14)20/h2-8,10,12H,9,11H2,1H3,(H,21,22). The second kappa shape index (κ2) is 8.71. The van der Waals surface area contributed by atoms with Gasteiger partial charge in [-0.15, -0.1) is 0 Å². The summed E-state index contributed by atoms with van der Waals surface area (Å²) in [6.45, 7) is 1.53. The van der Waals surface area contributed by atoms with Crippen LogP contribution in [0.15, 0.2) is 48.5 Å². The lowest BCUT2D eigenvalue weighted by Gasteiger charge is -2.14. The zero-order valence-corrected chi connectivity index (χ0v) is 14.6. The molecule has 0 aliphatic rings. The van der Waals surface area contributed by atoms with Gasteiger partial charge in [-0.2, -0.15) is 0 Å². The highest BCUT2D eigenvalue weighted by molar-refractivity contribution is 6.35. The van der Waals surface area contributed by atoms with E-state index < -0.39 is 5.97 Å². The highest BCUT2D eigenvalue weighted by Gasteiger charge is 2.13. The molecule has 0 saturated carbocycles. The molecular formula is C18H17Cl2NO3. The Bertz CT molecular complexity index is 719. The number of carbonyl (C=O) groups is 2. The molecule has 0 radical (unpaired) electrons. The quantitative estimate of drug-likeness (QED) is 0.788. The monoisotopic (exact) mass is 365 g/mol. The maximum Gasteiger partial charge on any atom is 0.310 e. The number of halogens is 2. The summed E-state index contributed by atoms with van der Waals surface area (Å²) in [5.41, 5.74) is 1.58. The van der Waals surface area contributed by atoms with Crippen molar-refractivity contribution in [2.24, 2.45) is 0 Å². The molecule has 0 heterocycles. The third-order valence-corrected chi connectivity index (χ3v) is 3.98. The van der Waals surface area contributed by atoms with E-state index in [9.17, 15) is 9.59 Å². The molecule has 1 atom stereocenters. The lowest BCUT2D eigenvalue weighted by molar-refractivity contribution is -0.148. The molecule has 0 saturated heterocycles. The van der Waals surface area contributed by atoms with Gasteiger partial charge in [0.15, 0.2) is 6.61 Å². The summed E-state index contributed by atoms with van der Waals surface area (Å²) in [5, 5.41) is 3.66. The summed E-state index contributed by atoms with van der Waals surface area (Å²) in [4.78, 5) is 23.7. The third-order valence-electron chi connectivity index (χ3n) is 3.39. The van der Waals surface area contributed by atoms with Crippen molar-refractivity contribution in [1.82, 2.24) is 5.32 Å². The van der Waals surface area contributed by atoms with E-state index in [1.807, 2.05) is 37.3 Å². The molecule has 0 aliphatic carbocycles. The molecule has 0 spiro atoms. The van der Waals surface area contributed by atoms with Gasteiger partial charge in [0, 0.05) is 10.0 Å². The van der Waals surface area contributed by atoms with E-state index in [-0.39, 0.29) is 25.0 Å². The second-order valence-electron chi connectivity index (χ2n) is 5.27. The van der Waals surface area contributed by atoms with Crippen LogP contribution in [-0.4, -0.2) is 18.5 Å². The molecule has 2 rings (SSSR count). The molecule has 0 bridgehead atoms. The van der Waals surface area contributed by atoms with Crippen molar-refractivity contribution in [3.63, 3.8) is 0 Å². The van der Waals surface area contributed by atoms with Crippen LogP contribution in [0, 0.1) is 0 Å². The van der Waals surface area contributed by atoms with Gasteiger partial charge in [-0.05, 0) is 30.2 Å². The molecule has 24 heavy (non-hydrogen) atoms. The topological polar surface area (TPSA) is 55.4 Å². The lowest BCUT2D eigenvalue weighted by atomic mass is 10.1. The minimum Gasteiger partial charge on any atom is -0.455 e. The number of hydrogen-bond acceptors (Lipinski definition) is 3. The van der Waals surface area contributed by atoms with Gasteiger partial charge in [0.05, 0.1) is 12.5 Å². The third kappa shape index (κ3) is 5.55. The molecule has 6 heteroatoms. The van der Waals surface area contributed by atoms with Crippen LogP contribution in [0.1, 0.15) is 24.1 Å². The average molecular weight is 366 g/mol. The fraction of sp³-hybridized carbons (Fsp3) is 0.222. The highest BCUT2D eigenvalue weighted by atomic mass is 35.5. The highest BCUT2D eigenvalue weighted by Crippen LogP contribution is 2.21. The number of esters is 1. The largest absolute Gasteiger partial charge is 0.455 e. The van der Waals surface area contributed by atoms with Crippen molar-refractivity contribution in [2.75, 3.05) is 6.61 Å². The smallest absolute Gasteiger partial charge is 0.310 e. The van der Waals surface area contributed by atoms with Crippen molar-refractivity contribution >= 4 is 35.1 Å². The zero-order chi connectivity index (χ0) is 17.5. The predicted octanol–water partition coefficient (Wildman–Crippen LogP) is 3.96. The summed E-state index contributed by atoms with van der Waals surface area (Å²) < 4.78 is 4.99. The van der Waals surface area contributed by atoms with E-state index >= 15 is 0 Å². The van der Waals surface area contributed by atoms with Crippen molar-refractivity contribution in [1.29, 1.82) is 0 Å². The first-order chi connectivity index (χ1) is 11.5. The summed E-state index contributed by atoms with van der Waals surface area (Å²) in [5.74, 6) is -0.886. The lowest BCUT2D eigenvalue weighted by Crippen LogP contribution is -2.31. The van der Waals surface area contributed by atoms with Gasteiger partial charge >= 0.3 is 5.97 Å². The van der Waals surface area contributed by atoms with Gasteiger partial charge in [-0.25, -0.2) is 0 Å². The molecule has 126 valence electrons. The molecule has 0 aromatic heterocycles. The zero-order valence-electron chi connectivity index (χ0n) is 13.1. The van der Waals surface area contributed by atoms with Crippen molar-refractivity contribution in [2.45, 2.75) is 19.4 Å². The second-order valence-corrected chi connectivity index (χ2v) is 6.12. The maximum atomic E-state index is 11.9. The van der Waals surface area contributed by atoms with Gasteiger partial charge in [-0.3, -0.25) is 9.59 Å². The van der Waals surface area contributed by atoms with Gasteiger partial charge in [0.25, 0.3) is 5.91 Å². The van der Waals surface area contributed by atoms with Crippen molar-refractivity contribution < 1.29 is 14.3 Å². The number of ether oxygens (including phenoxy) is 1. The summed E-state index contributed by atoms with van der Waals surface area (Å²) in [7, 11) is 0. The maximum absolute atomic E-state index is 11.9. The number of carbonyl (C=O) groups excluding carboxylic acids is 2. The number of benzene rings is 2. The summed E-state index contributed by atoms with van der Waals surface area (Å²) in [6.07, 6.45) is -0.0163. The molecular weight excluding hydrogens is 349 g/mol. The van der Waals surface area contributed by atoms with Crippen LogP contribution in [0.3, 0.4) is 0 Å². The minimum absolute atomic E-state index is 0.0163. The molecule has 1 unspecified atom stereocenters. The van der Waals surface area contributed by atoms with Crippen LogP contribution in [0.4, 0.5) is 0 Å². The van der Waals surface area contributed by atoms with Crippen molar-refractivity contribution in [3.8, 4) is 0 Å². The Kier molecular flexibility index (Phi) is 6.64. The number of hydrogen-bond donors (Lipinski definition) is 1.